The Balaban J connectivity index is 1.41. The number of anilines is 1. The molecule has 1 N–H and O–H groups in total. The lowest BCUT2D eigenvalue weighted by molar-refractivity contribution is -0.0440. The maximum atomic E-state index is 13.0. The van der Waals surface area contributed by atoms with E-state index in [-0.39, 0.29) is 23.0 Å². The number of carbonyl (C=O) groups is 1. The van der Waals surface area contributed by atoms with Crippen molar-refractivity contribution in [3.63, 3.8) is 0 Å². The van der Waals surface area contributed by atoms with Gasteiger partial charge < -0.3 is 4.74 Å². The van der Waals surface area contributed by atoms with Gasteiger partial charge in [0.25, 0.3) is 5.91 Å². The first-order valence-corrected chi connectivity index (χ1v) is 12.5. The highest BCUT2D eigenvalue weighted by atomic mass is 32.2. The molecule has 1 fully saturated rings. The summed E-state index contributed by atoms with van der Waals surface area (Å²) in [6.45, 7) is 4.31. The molecule has 1 aliphatic heterocycles. The minimum Gasteiger partial charge on any atom is -0.373 e. The van der Waals surface area contributed by atoms with Gasteiger partial charge in [0, 0.05) is 25.1 Å². The number of nitrogens with zero attached hydrogens (tertiary/aromatic N) is 3. The van der Waals surface area contributed by atoms with Gasteiger partial charge in [-0.3, -0.25) is 10.1 Å². The molecular weight excluding hydrogens is 448 g/mol. The minimum atomic E-state index is -3.65. The topological polar surface area (TPSA) is 101 Å². The van der Waals surface area contributed by atoms with Gasteiger partial charge in [0.2, 0.25) is 15.2 Å². The number of hydrogen-bond donors (Lipinski definition) is 1. The summed E-state index contributed by atoms with van der Waals surface area (Å²) in [5, 5.41) is 12.1. The molecule has 2 atom stereocenters. The van der Waals surface area contributed by atoms with Gasteiger partial charge in [0.1, 0.15) is 5.01 Å². The van der Waals surface area contributed by atoms with Crippen LogP contribution in [0.15, 0.2) is 59.5 Å². The predicted molar refractivity (Wildman–Crippen MR) is 122 cm³/mol. The molecule has 0 radical (unpaired) electrons. The fourth-order valence-electron chi connectivity index (χ4n) is 3.57. The van der Waals surface area contributed by atoms with Crippen LogP contribution in [0.1, 0.15) is 34.8 Å². The molecule has 1 amide bonds. The van der Waals surface area contributed by atoms with Crippen molar-refractivity contribution >= 4 is 32.4 Å². The first-order chi connectivity index (χ1) is 15.3. The van der Waals surface area contributed by atoms with Crippen LogP contribution in [0.5, 0.6) is 0 Å². The monoisotopic (exact) mass is 472 g/mol. The van der Waals surface area contributed by atoms with E-state index in [0.717, 1.165) is 10.6 Å². The van der Waals surface area contributed by atoms with Crippen LogP contribution < -0.4 is 5.32 Å². The highest BCUT2D eigenvalue weighted by molar-refractivity contribution is 7.89. The second-order valence-corrected chi connectivity index (χ2v) is 10.7. The smallest absolute Gasteiger partial charge is 0.257 e. The first kappa shape index (κ1) is 22.5. The van der Waals surface area contributed by atoms with Gasteiger partial charge in [-0.25, -0.2) is 8.42 Å². The number of rotatable bonds is 6. The molecule has 1 aromatic heterocycles. The van der Waals surface area contributed by atoms with E-state index in [4.69, 9.17) is 4.74 Å². The van der Waals surface area contributed by atoms with Crippen LogP contribution in [0.25, 0.3) is 0 Å². The van der Waals surface area contributed by atoms with Crippen molar-refractivity contribution in [2.45, 2.75) is 37.4 Å². The zero-order valence-corrected chi connectivity index (χ0v) is 19.4. The van der Waals surface area contributed by atoms with Crippen LogP contribution in [-0.4, -0.2) is 54.1 Å². The zero-order chi connectivity index (χ0) is 22.7. The molecule has 32 heavy (non-hydrogen) atoms. The average molecular weight is 473 g/mol. The molecule has 1 aliphatic rings. The van der Waals surface area contributed by atoms with Gasteiger partial charge in [-0.15, -0.1) is 10.2 Å². The summed E-state index contributed by atoms with van der Waals surface area (Å²) in [6, 6.07) is 15.8. The predicted octanol–water partition coefficient (Wildman–Crippen LogP) is 3.18. The number of carbonyl (C=O) groups excluding carboxylic acids is 1. The van der Waals surface area contributed by atoms with Crippen LogP contribution in [0, 0.1) is 0 Å². The fourth-order valence-corrected chi connectivity index (χ4v) is 5.93. The van der Waals surface area contributed by atoms with Crippen molar-refractivity contribution in [1.29, 1.82) is 0 Å². The van der Waals surface area contributed by atoms with Crippen LogP contribution >= 0.6 is 11.3 Å². The molecular formula is C22H24N4O4S2. The Bertz CT molecular complexity index is 1170. The van der Waals surface area contributed by atoms with Gasteiger partial charge in [-0.05, 0) is 43.7 Å². The normalized spacial score (nSPS) is 19.6. The quantitative estimate of drug-likeness (QED) is 0.591. The Morgan fingerprint density at radius 2 is 1.72 bits per heavy atom. The Kier molecular flexibility index (Phi) is 6.66. The largest absolute Gasteiger partial charge is 0.373 e. The third-order valence-electron chi connectivity index (χ3n) is 5.03. The molecule has 4 rings (SSSR count). The lowest BCUT2D eigenvalue weighted by Crippen LogP contribution is -2.48. The van der Waals surface area contributed by atoms with Gasteiger partial charge in [-0.1, -0.05) is 41.7 Å². The Labute approximate surface area is 191 Å². The molecule has 2 unspecified atom stereocenters. The number of benzene rings is 2. The van der Waals surface area contributed by atoms with E-state index in [1.54, 1.807) is 0 Å². The molecule has 0 bridgehead atoms. The molecule has 10 heteroatoms. The molecule has 2 heterocycles. The van der Waals surface area contributed by atoms with E-state index < -0.39 is 10.0 Å². The van der Waals surface area contributed by atoms with Crippen molar-refractivity contribution in [3.05, 3.63) is 70.7 Å². The van der Waals surface area contributed by atoms with E-state index in [0.29, 0.717) is 30.2 Å². The van der Waals surface area contributed by atoms with Gasteiger partial charge in [0.05, 0.1) is 17.1 Å². The van der Waals surface area contributed by atoms with E-state index in [1.165, 1.54) is 39.9 Å². The third-order valence-corrected chi connectivity index (χ3v) is 7.71. The van der Waals surface area contributed by atoms with Crippen molar-refractivity contribution in [3.8, 4) is 0 Å². The van der Waals surface area contributed by atoms with Crippen LogP contribution in [0.4, 0.5) is 5.13 Å². The molecule has 0 saturated carbocycles. The fraction of sp³-hybridized carbons (Fsp3) is 0.318. The number of sulfonamides is 1. The summed E-state index contributed by atoms with van der Waals surface area (Å²) in [5.74, 6) is -0.370. The number of aromatic nitrogens is 2. The Morgan fingerprint density at radius 1 is 1.06 bits per heavy atom. The van der Waals surface area contributed by atoms with E-state index in [9.17, 15) is 13.2 Å². The number of ether oxygens (including phenoxy) is 1. The van der Waals surface area contributed by atoms with Crippen molar-refractivity contribution < 1.29 is 17.9 Å². The Morgan fingerprint density at radius 3 is 2.38 bits per heavy atom. The van der Waals surface area contributed by atoms with E-state index in [2.05, 4.69) is 15.5 Å². The van der Waals surface area contributed by atoms with E-state index in [1.807, 2.05) is 44.2 Å². The minimum absolute atomic E-state index is 0.149. The standard InChI is InChI=1S/C22H24N4O4S2/c1-15-13-26(14-16(2)30-15)32(28,29)19-10-8-18(9-11-19)21(27)23-22-25-24-20(31-22)12-17-6-4-3-5-7-17/h3-11,15-16H,12-14H2,1-2H3,(H,23,25,27). The molecule has 2 aromatic carbocycles. The van der Waals surface area contributed by atoms with Gasteiger partial charge in [0.15, 0.2) is 0 Å². The molecule has 8 nitrogen and oxygen atoms in total. The molecule has 1 saturated heterocycles. The highest BCUT2D eigenvalue weighted by Crippen LogP contribution is 2.23. The lowest BCUT2D eigenvalue weighted by Gasteiger charge is -2.34. The van der Waals surface area contributed by atoms with Crippen molar-refractivity contribution in [2.75, 3.05) is 18.4 Å². The molecule has 0 aliphatic carbocycles. The zero-order valence-electron chi connectivity index (χ0n) is 17.8. The number of morpholine rings is 1. The summed E-state index contributed by atoms with van der Waals surface area (Å²) >= 11 is 1.31. The maximum absolute atomic E-state index is 13.0. The SMILES string of the molecule is CC1CN(S(=O)(=O)c2ccc(C(=O)Nc3nnc(Cc4ccccc4)s3)cc2)CC(C)O1. The Hall–Kier alpha value is -2.66. The summed E-state index contributed by atoms with van der Waals surface area (Å²) in [6.07, 6.45) is 0.300. The van der Waals surface area contributed by atoms with Crippen LogP contribution in [0.2, 0.25) is 0 Å². The van der Waals surface area contributed by atoms with Gasteiger partial charge >= 0.3 is 0 Å². The highest BCUT2D eigenvalue weighted by Gasteiger charge is 2.32. The maximum Gasteiger partial charge on any atom is 0.257 e. The summed E-state index contributed by atoms with van der Waals surface area (Å²) in [5.41, 5.74) is 1.45. The van der Waals surface area contributed by atoms with Crippen LogP contribution in [0.3, 0.4) is 0 Å². The number of amides is 1. The first-order valence-electron chi connectivity index (χ1n) is 10.2. The molecule has 0 spiro atoms. The lowest BCUT2D eigenvalue weighted by atomic mass is 10.2. The van der Waals surface area contributed by atoms with Crippen LogP contribution in [-0.2, 0) is 21.2 Å². The van der Waals surface area contributed by atoms with Crippen molar-refractivity contribution in [2.24, 2.45) is 0 Å². The van der Waals surface area contributed by atoms with E-state index >= 15 is 0 Å². The van der Waals surface area contributed by atoms with Crippen molar-refractivity contribution in [1.82, 2.24) is 14.5 Å². The number of nitrogens with one attached hydrogen (secondary N) is 1. The summed E-state index contributed by atoms with van der Waals surface area (Å²) in [4.78, 5) is 12.7. The third kappa shape index (κ3) is 5.21. The molecule has 3 aromatic rings. The average Bonchev–Trinajstić information content (AvgIpc) is 3.20. The molecule has 168 valence electrons. The number of hydrogen-bond acceptors (Lipinski definition) is 7. The summed E-state index contributed by atoms with van der Waals surface area (Å²) in [7, 11) is -3.65. The second-order valence-electron chi connectivity index (χ2n) is 7.72. The second kappa shape index (κ2) is 9.45. The van der Waals surface area contributed by atoms with Gasteiger partial charge in [-0.2, -0.15) is 4.31 Å². The summed E-state index contributed by atoms with van der Waals surface area (Å²) < 4.78 is 33.0.